The number of phenols is 1. The lowest BCUT2D eigenvalue weighted by atomic mass is 10.1. The molecule has 0 unspecified atom stereocenters. The van der Waals surface area contributed by atoms with Crippen molar-refractivity contribution >= 4 is 29.0 Å². The molecule has 0 atom stereocenters. The summed E-state index contributed by atoms with van der Waals surface area (Å²) in [4.78, 5) is 34.6. The number of ether oxygens (including phenoxy) is 1. The normalized spacial score (nSPS) is 14.2. The van der Waals surface area contributed by atoms with Crippen molar-refractivity contribution < 1.29 is 19.4 Å². The first-order chi connectivity index (χ1) is 16.9. The fourth-order valence-corrected chi connectivity index (χ4v) is 3.88. The molecular formula is C26H29N5O4. The molecule has 1 saturated heterocycles. The van der Waals surface area contributed by atoms with Crippen LogP contribution in [0, 0.1) is 0 Å². The molecule has 2 aromatic carbocycles. The quantitative estimate of drug-likeness (QED) is 0.469. The maximum absolute atomic E-state index is 12.9. The van der Waals surface area contributed by atoms with Crippen LogP contribution in [0.1, 0.15) is 27.1 Å². The first kappa shape index (κ1) is 24.0. The van der Waals surface area contributed by atoms with Gasteiger partial charge in [-0.1, -0.05) is 6.07 Å². The number of amides is 2. The minimum atomic E-state index is -0.443. The molecule has 1 aliphatic rings. The van der Waals surface area contributed by atoms with Gasteiger partial charge in [0.15, 0.2) is 0 Å². The number of phenolic OH excluding ortho intramolecular Hbond substituents is 1. The van der Waals surface area contributed by atoms with Crippen LogP contribution in [0.5, 0.6) is 11.5 Å². The van der Waals surface area contributed by atoms with Gasteiger partial charge >= 0.3 is 0 Å². The lowest BCUT2D eigenvalue weighted by molar-refractivity contribution is 0.101. The van der Waals surface area contributed by atoms with Crippen LogP contribution < -0.4 is 20.3 Å². The Kier molecular flexibility index (Phi) is 7.47. The molecule has 2 amide bonds. The van der Waals surface area contributed by atoms with Crippen molar-refractivity contribution in [2.24, 2.45) is 0 Å². The summed E-state index contributed by atoms with van der Waals surface area (Å²) in [5, 5.41) is 15.8. The number of nitrogens with one attached hydrogen (secondary N) is 2. The first-order valence-electron chi connectivity index (χ1n) is 11.4. The van der Waals surface area contributed by atoms with E-state index >= 15 is 0 Å². The molecule has 3 N–H and O–H groups in total. The Balaban J connectivity index is 1.46. The van der Waals surface area contributed by atoms with Gasteiger partial charge in [-0.25, -0.2) is 4.98 Å². The van der Waals surface area contributed by atoms with Crippen molar-refractivity contribution in [3.05, 3.63) is 71.9 Å². The number of hydrogen-bond donors (Lipinski definition) is 3. The predicted octanol–water partition coefficient (Wildman–Crippen LogP) is 3.44. The number of carbonyl (C=O) groups excluding carboxylic acids is 2. The minimum absolute atomic E-state index is 0.110. The van der Waals surface area contributed by atoms with E-state index in [0.29, 0.717) is 16.9 Å². The molecule has 1 fully saturated rings. The van der Waals surface area contributed by atoms with E-state index in [9.17, 15) is 14.7 Å². The predicted molar refractivity (Wildman–Crippen MR) is 136 cm³/mol. The summed E-state index contributed by atoms with van der Waals surface area (Å²) in [6.07, 6.45) is 2.58. The second kappa shape index (κ2) is 10.9. The summed E-state index contributed by atoms with van der Waals surface area (Å²) < 4.78 is 5.12. The van der Waals surface area contributed by atoms with Crippen LogP contribution in [0.15, 0.2) is 60.8 Å². The second-order valence-corrected chi connectivity index (χ2v) is 8.39. The highest BCUT2D eigenvalue weighted by atomic mass is 16.5. The van der Waals surface area contributed by atoms with Gasteiger partial charge in [-0.3, -0.25) is 9.59 Å². The van der Waals surface area contributed by atoms with E-state index in [1.165, 1.54) is 12.3 Å². The van der Waals surface area contributed by atoms with Gasteiger partial charge in [0, 0.05) is 31.4 Å². The zero-order valence-corrected chi connectivity index (χ0v) is 19.8. The Hall–Kier alpha value is -4.11. The fourth-order valence-electron chi connectivity index (χ4n) is 3.88. The lowest BCUT2D eigenvalue weighted by Crippen LogP contribution is -2.29. The van der Waals surface area contributed by atoms with Gasteiger partial charge in [0.2, 0.25) is 0 Å². The smallest absolute Gasteiger partial charge is 0.257 e. The van der Waals surface area contributed by atoms with E-state index in [1.807, 2.05) is 6.07 Å². The Morgan fingerprint density at radius 1 is 0.914 bits per heavy atom. The molecule has 1 aromatic heterocycles. The van der Waals surface area contributed by atoms with Gasteiger partial charge < -0.3 is 30.3 Å². The fraction of sp³-hybridized carbons (Fsp3) is 0.269. The number of methoxy groups -OCH3 is 1. The highest BCUT2D eigenvalue weighted by Crippen LogP contribution is 2.32. The van der Waals surface area contributed by atoms with Gasteiger partial charge in [0.05, 0.1) is 18.4 Å². The van der Waals surface area contributed by atoms with E-state index in [0.717, 1.165) is 38.4 Å². The van der Waals surface area contributed by atoms with Gasteiger partial charge in [-0.2, -0.15) is 0 Å². The number of hydrogen-bond acceptors (Lipinski definition) is 7. The first-order valence-corrected chi connectivity index (χ1v) is 11.4. The third-order valence-electron chi connectivity index (χ3n) is 5.93. The minimum Gasteiger partial charge on any atom is -0.506 e. The van der Waals surface area contributed by atoms with Crippen molar-refractivity contribution in [2.45, 2.75) is 6.42 Å². The van der Waals surface area contributed by atoms with Crippen LogP contribution in [0.3, 0.4) is 0 Å². The summed E-state index contributed by atoms with van der Waals surface area (Å²) in [6, 6.07) is 14.8. The summed E-state index contributed by atoms with van der Waals surface area (Å²) >= 11 is 0. The van der Waals surface area contributed by atoms with Crippen LogP contribution in [-0.2, 0) is 0 Å². The highest BCUT2D eigenvalue weighted by Gasteiger charge is 2.18. The number of anilines is 3. The highest BCUT2D eigenvalue weighted by molar-refractivity contribution is 6.10. The zero-order chi connectivity index (χ0) is 24.8. The molecule has 0 bridgehead atoms. The van der Waals surface area contributed by atoms with Crippen LogP contribution in [0.2, 0.25) is 0 Å². The van der Waals surface area contributed by atoms with E-state index in [-0.39, 0.29) is 23.0 Å². The van der Waals surface area contributed by atoms with E-state index in [4.69, 9.17) is 4.74 Å². The molecule has 9 heteroatoms. The molecular weight excluding hydrogens is 446 g/mol. The number of benzene rings is 2. The Morgan fingerprint density at radius 2 is 1.66 bits per heavy atom. The van der Waals surface area contributed by atoms with Crippen LogP contribution in [-0.4, -0.2) is 67.1 Å². The number of rotatable bonds is 6. The Morgan fingerprint density at radius 3 is 2.37 bits per heavy atom. The summed E-state index contributed by atoms with van der Waals surface area (Å²) in [5.41, 5.74) is 1.14. The number of aromatic hydroxyl groups is 1. The van der Waals surface area contributed by atoms with Crippen LogP contribution >= 0.6 is 0 Å². The third kappa shape index (κ3) is 5.88. The monoisotopic (exact) mass is 475 g/mol. The number of para-hydroxylation sites is 1. The van der Waals surface area contributed by atoms with Crippen molar-refractivity contribution in [1.29, 1.82) is 0 Å². The van der Waals surface area contributed by atoms with Gasteiger partial charge in [-0.05, 0) is 68.5 Å². The van der Waals surface area contributed by atoms with Gasteiger partial charge in [0.25, 0.3) is 11.8 Å². The Labute approximate surface area is 204 Å². The molecule has 0 aliphatic carbocycles. The zero-order valence-electron chi connectivity index (χ0n) is 19.8. The number of aromatic nitrogens is 1. The molecule has 9 nitrogen and oxygen atoms in total. The van der Waals surface area contributed by atoms with Crippen molar-refractivity contribution in [2.75, 3.05) is 55.9 Å². The van der Waals surface area contributed by atoms with Crippen LogP contribution in [0.4, 0.5) is 17.2 Å². The molecule has 0 saturated carbocycles. The topological polar surface area (TPSA) is 107 Å². The molecule has 2 heterocycles. The number of pyridine rings is 1. The standard InChI is InChI=1S/C26H29N5O4/c1-30-13-4-14-31(16-15-30)23-12-9-19(17-27-23)26(34)29-24-21(5-3-6-22(24)32)28-25(33)18-7-10-20(35-2)11-8-18/h3,5-12,17,32H,4,13-16H2,1-2H3,(H,28,33)(H,29,34). The molecule has 0 radical (unpaired) electrons. The van der Waals surface area contributed by atoms with E-state index in [1.54, 1.807) is 49.6 Å². The molecule has 4 rings (SSSR count). The number of likely N-dealkylation sites (N-methyl/N-ethyl adjacent to an activating group) is 1. The van der Waals surface area contributed by atoms with Gasteiger partial charge in [0.1, 0.15) is 23.0 Å². The lowest BCUT2D eigenvalue weighted by Gasteiger charge is -2.21. The van der Waals surface area contributed by atoms with Crippen LogP contribution in [0.25, 0.3) is 0 Å². The average molecular weight is 476 g/mol. The molecule has 3 aromatic rings. The number of carbonyl (C=O) groups is 2. The second-order valence-electron chi connectivity index (χ2n) is 8.39. The van der Waals surface area contributed by atoms with Crippen molar-refractivity contribution in [3.63, 3.8) is 0 Å². The third-order valence-corrected chi connectivity index (χ3v) is 5.93. The van der Waals surface area contributed by atoms with Gasteiger partial charge in [-0.15, -0.1) is 0 Å². The SMILES string of the molecule is COc1ccc(C(=O)Nc2cccc(O)c2NC(=O)c2ccc(N3CCCN(C)CC3)nc2)cc1. The molecule has 35 heavy (non-hydrogen) atoms. The van der Waals surface area contributed by atoms with Crippen molar-refractivity contribution in [1.82, 2.24) is 9.88 Å². The van der Waals surface area contributed by atoms with E-state index < -0.39 is 5.91 Å². The largest absolute Gasteiger partial charge is 0.506 e. The van der Waals surface area contributed by atoms with Crippen molar-refractivity contribution in [3.8, 4) is 11.5 Å². The number of nitrogens with zero attached hydrogens (tertiary/aromatic N) is 3. The average Bonchev–Trinajstić information content (AvgIpc) is 3.10. The summed E-state index contributed by atoms with van der Waals surface area (Å²) in [7, 11) is 3.66. The van der Waals surface area contributed by atoms with E-state index in [2.05, 4.69) is 32.5 Å². The molecule has 1 aliphatic heterocycles. The summed E-state index contributed by atoms with van der Waals surface area (Å²) in [6.45, 7) is 3.80. The maximum Gasteiger partial charge on any atom is 0.257 e. The molecule has 0 spiro atoms. The summed E-state index contributed by atoms with van der Waals surface area (Å²) in [5.74, 6) is 0.467. The maximum atomic E-state index is 12.9. The Bertz CT molecular complexity index is 1180. The molecule has 182 valence electrons.